The largest absolute Gasteiger partial charge is 0.360 e. The summed E-state index contributed by atoms with van der Waals surface area (Å²) in [6, 6.07) is 12.9. The molecule has 4 aromatic rings. The number of aromatic amines is 2. The van der Waals surface area contributed by atoms with E-state index >= 15 is 0 Å². The Morgan fingerprint density at radius 2 is 1.93 bits per heavy atom. The molecule has 4 rings (SSSR count). The van der Waals surface area contributed by atoms with Crippen molar-refractivity contribution in [2.24, 2.45) is 5.10 Å². The first-order valence-corrected chi connectivity index (χ1v) is 8.59. The Balaban J connectivity index is 1.60. The molecule has 0 fully saturated rings. The van der Waals surface area contributed by atoms with Crippen molar-refractivity contribution in [2.45, 2.75) is 13.3 Å². The van der Waals surface area contributed by atoms with Gasteiger partial charge in [-0.25, -0.2) is 10.5 Å². The third-order valence-electron chi connectivity index (χ3n) is 4.50. The zero-order chi connectivity index (χ0) is 18.8. The number of hydrazone groups is 1. The molecule has 134 valence electrons. The van der Waals surface area contributed by atoms with Gasteiger partial charge < -0.3 is 4.98 Å². The average molecular weight is 359 g/mol. The Labute approximate surface area is 154 Å². The van der Waals surface area contributed by atoms with Crippen molar-refractivity contribution in [3.63, 3.8) is 0 Å². The second-order valence-corrected chi connectivity index (χ2v) is 6.08. The number of hydrogen-bond acceptors (Lipinski definition) is 4. The highest BCUT2D eigenvalue weighted by molar-refractivity contribution is 6.05. The Hall–Kier alpha value is -3.74. The molecule has 3 N–H and O–H groups in total. The second-order valence-electron chi connectivity index (χ2n) is 6.08. The lowest BCUT2D eigenvalue weighted by molar-refractivity contribution is 0.0951. The van der Waals surface area contributed by atoms with Gasteiger partial charge in [0.2, 0.25) is 0 Å². The van der Waals surface area contributed by atoms with Crippen molar-refractivity contribution in [3.05, 3.63) is 75.8 Å². The van der Waals surface area contributed by atoms with Gasteiger partial charge in [-0.3, -0.25) is 9.59 Å². The van der Waals surface area contributed by atoms with Crippen LogP contribution in [-0.4, -0.2) is 27.3 Å². The molecule has 0 saturated heterocycles. The number of para-hydroxylation sites is 1. The van der Waals surface area contributed by atoms with Crippen LogP contribution in [0.25, 0.3) is 21.7 Å². The molecule has 7 nitrogen and oxygen atoms in total. The van der Waals surface area contributed by atoms with Gasteiger partial charge in [-0.2, -0.15) is 10.2 Å². The summed E-state index contributed by atoms with van der Waals surface area (Å²) in [4.78, 5) is 27.5. The van der Waals surface area contributed by atoms with E-state index in [0.29, 0.717) is 10.8 Å². The van der Waals surface area contributed by atoms with E-state index in [9.17, 15) is 9.59 Å². The van der Waals surface area contributed by atoms with E-state index in [4.69, 9.17) is 0 Å². The quantitative estimate of drug-likeness (QED) is 0.385. The molecule has 0 saturated carbocycles. The van der Waals surface area contributed by atoms with Gasteiger partial charge in [0.1, 0.15) is 0 Å². The molecule has 0 spiro atoms. The van der Waals surface area contributed by atoms with Crippen LogP contribution in [0, 0.1) is 0 Å². The molecular formula is C20H17N5O2. The van der Waals surface area contributed by atoms with Crippen molar-refractivity contribution < 1.29 is 4.79 Å². The number of carbonyl (C=O) groups is 1. The van der Waals surface area contributed by atoms with Crippen molar-refractivity contribution in [2.75, 3.05) is 0 Å². The Morgan fingerprint density at radius 1 is 1.15 bits per heavy atom. The minimum Gasteiger partial charge on any atom is -0.360 e. The molecule has 0 radical (unpaired) electrons. The fraction of sp³-hybridized carbons (Fsp3) is 0.100. The Kier molecular flexibility index (Phi) is 4.25. The molecule has 27 heavy (non-hydrogen) atoms. The first-order chi connectivity index (χ1) is 13.2. The summed E-state index contributed by atoms with van der Waals surface area (Å²) in [6.45, 7) is 2.10. The number of aryl methyl sites for hydroxylation is 1. The lowest BCUT2D eigenvalue weighted by Crippen LogP contribution is -2.22. The molecule has 0 aliphatic rings. The molecule has 0 aliphatic heterocycles. The van der Waals surface area contributed by atoms with Gasteiger partial charge in [-0.05, 0) is 18.1 Å². The number of carbonyl (C=O) groups excluding carboxylic acids is 1. The molecule has 2 heterocycles. The topological polar surface area (TPSA) is 103 Å². The molecule has 2 aromatic carbocycles. The van der Waals surface area contributed by atoms with Gasteiger partial charge in [0.15, 0.2) is 5.69 Å². The lowest BCUT2D eigenvalue weighted by Gasteiger charge is -2.03. The highest BCUT2D eigenvalue weighted by Gasteiger charge is 2.13. The predicted molar refractivity (Wildman–Crippen MR) is 105 cm³/mol. The van der Waals surface area contributed by atoms with Crippen LogP contribution >= 0.6 is 0 Å². The first kappa shape index (κ1) is 16.7. The van der Waals surface area contributed by atoms with Crippen LogP contribution in [0.4, 0.5) is 0 Å². The Morgan fingerprint density at radius 3 is 2.74 bits per heavy atom. The molecule has 0 atom stereocenters. The van der Waals surface area contributed by atoms with E-state index in [1.165, 1.54) is 5.56 Å². The van der Waals surface area contributed by atoms with Crippen molar-refractivity contribution in [3.8, 4) is 0 Å². The number of aromatic nitrogens is 3. The number of amides is 1. The fourth-order valence-corrected chi connectivity index (χ4v) is 3.14. The predicted octanol–water partition coefficient (Wildman–Crippen LogP) is 2.73. The SMILES string of the molecule is CCc1cccc2c(C=NNC(=O)c3n[nH]c(=O)c4ccccc34)c[nH]c12. The monoisotopic (exact) mass is 359 g/mol. The summed E-state index contributed by atoms with van der Waals surface area (Å²) >= 11 is 0. The standard InChI is InChI=1S/C20H17N5O2/c1-2-12-6-5-9-14-13(10-21-17(12)14)11-22-24-20(27)18-15-7-3-4-8-16(15)19(26)25-23-18/h3-11,21H,2H2,1H3,(H,24,27)(H,25,26). The van der Waals surface area contributed by atoms with E-state index in [0.717, 1.165) is 22.9 Å². The maximum absolute atomic E-state index is 12.4. The van der Waals surface area contributed by atoms with Crippen molar-refractivity contribution in [1.82, 2.24) is 20.6 Å². The van der Waals surface area contributed by atoms with Gasteiger partial charge in [0.25, 0.3) is 11.5 Å². The van der Waals surface area contributed by atoms with Crippen LogP contribution in [0.2, 0.25) is 0 Å². The number of hydrogen-bond donors (Lipinski definition) is 3. The van der Waals surface area contributed by atoms with Gasteiger partial charge in [0, 0.05) is 28.0 Å². The smallest absolute Gasteiger partial charge is 0.292 e. The van der Waals surface area contributed by atoms with Gasteiger partial charge in [-0.1, -0.05) is 43.3 Å². The maximum atomic E-state index is 12.4. The highest BCUT2D eigenvalue weighted by Crippen LogP contribution is 2.21. The summed E-state index contributed by atoms with van der Waals surface area (Å²) in [5.74, 6) is -0.493. The van der Waals surface area contributed by atoms with E-state index in [1.54, 1.807) is 30.5 Å². The van der Waals surface area contributed by atoms with Crippen molar-refractivity contribution in [1.29, 1.82) is 0 Å². The number of H-pyrrole nitrogens is 2. The summed E-state index contributed by atoms with van der Waals surface area (Å²) in [6.07, 6.45) is 4.37. The number of benzene rings is 2. The zero-order valence-corrected chi connectivity index (χ0v) is 14.6. The average Bonchev–Trinajstić information content (AvgIpc) is 3.11. The third-order valence-corrected chi connectivity index (χ3v) is 4.50. The number of nitrogens with one attached hydrogen (secondary N) is 3. The Bertz CT molecular complexity index is 1240. The number of fused-ring (bicyclic) bond motifs is 2. The lowest BCUT2D eigenvalue weighted by atomic mass is 10.1. The molecule has 0 bridgehead atoms. The maximum Gasteiger partial charge on any atom is 0.292 e. The molecule has 1 amide bonds. The minimum absolute atomic E-state index is 0.120. The highest BCUT2D eigenvalue weighted by atomic mass is 16.2. The van der Waals surface area contributed by atoms with Gasteiger partial charge >= 0.3 is 0 Å². The second kappa shape index (κ2) is 6.87. The van der Waals surface area contributed by atoms with Crippen LogP contribution in [0.3, 0.4) is 0 Å². The van der Waals surface area contributed by atoms with Crippen LogP contribution in [0.1, 0.15) is 28.5 Å². The summed E-state index contributed by atoms with van der Waals surface area (Å²) in [5.41, 5.74) is 5.42. The van der Waals surface area contributed by atoms with E-state index in [1.807, 2.05) is 18.3 Å². The molecule has 0 unspecified atom stereocenters. The van der Waals surface area contributed by atoms with E-state index in [-0.39, 0.29) is 11.3 Å². The molecule has 2 aromatic heterocycles. The number of rotatable bonds is 4. The summed E-state index contributed by atoms with van der Waals surface area (Å²) < 4.78 is 0. The summed E-state index contributed by atoms with van der Waals surface area (Å²) in [5, 5.41) is 12.2. The van der Waals surface area contributed by atoms with Crippen LogP contribution in [-0.2, 0) is 6.42 Å². The van der Waals surface area contributed by atoms with Crippen LogP contribution in [0.15, 0.2) is 58.6 Å². The zero-order valence-electron chi connectivity index (χ0n) is 14.6. The van der Waals surface area contributed by atoms with Gasteiger partial charge in [0.05, 0.1) is 11.6 Å². The first-order valence-electron chi connectivity index (χ1n) is 8.59. The molecule has 7 heteroatoms. The van der Waals surface area contributed by atoms with E-state index in [2.05, 4.69) is 38.7 Å². The number of nitrogens with zero attached hydrogens (tertiary/aromatic N) is 2. The van der Waals surface area contributed by atoms with Gasteiger partial charge in [-0.15, -0.1) is 0 Å². The fourth-order valence-electron chi connectivity index (χ4n) is 3.14. The third kappa shape index (κ3) is 2.99. The molecule has 0 aliphatic carbocycles. The molecular weight excluding hydrogens is 342 g/mol. The normalized spacial score (nSPS) is 11.4. The van der Waals surface area contributed by atoms with Crippen LogP contribution < -0.4 is 11.0 Å². The van der Waals surface area contributed by atoms with Crippen LogP contribution in [0.5, 0.6) is 0 Å². The minimum atomic E-state index is -0.493. The van der Waals surface area contributed by atoms with E-state index < -0.39 is 5.91 Å². The summed E-state index contributed by atoms with van der Waals surface area (Å²) in [7, 11) is 0. The van der Waals surface area contributed by atoms with Crippen molar-refractivity contribution >= 4 is 33.8 Å².